The Balaban J connectivity index is 1.77. The largest absolute Gasteiger partial charge is 0.493 e. The third-order valence-electron chi connectivity index (χ3n) is 4.10. The van der Waals surface area contributed by atoms with E-state index in [9.17, 15) is 4.79 Å². The van der Waals surface area contributed by atoms with Crippen molar-refractivity contribution in [1.29, 1.82) is 0 Å². The molecule has 2 heterocycles. The first-order valence-electron chi connectivity index (χ1n) is 7.86. The van der Waals surface area contributed by atoms with Crippen molar-refractivity contribution >= 4 is 12.0 Å². The molecule has 0 unspecified atom stereocenters. The van der Waals surface area contributed by atoms with Gasteiger partial charge in [0.1, 0.15) is 0 Å². The van der Waals surface area contributed by atoms with Crippen LogP contribution in [0.25, 0.3) is 6.08 Å². The van der Waals surface area contributed by atoms with E-state index < -0.39 is 0 Å². The predicted molar refractivity (Wildman–Crippen MR) is 93.6 cm³/mol. The zero-order valence-electron chi connectivity index (χ0n) is 14.5. The Labute approximate surface area is 146 Å². The number of amides is 1. The van der Waals surface area contributed by atoms with Crippen molar-refractivity contribution in [3.05, 3.63) is 53.4 Å². The number of fused-ring (bicyclic) bond motifs is 1. The highest BCUT2D eigenvalue weighted by Crippen LogP contribution is 2.38. The monoisotopic (exact) mass is 340 g/mol. The lowest BCUT2D eigenvalue weighted by Gasteiger charge is -2.13. The van der Waals surface area contributed by atoms with E-state index >= 15 is 0 Å². The normalized spacial score (nSPS) is 13.0. The molecule has 1 aromatic carbocycles. The third kappa shape index (κ3) is 3.42. The van der Waals surface area contributed by atoms with Gasteiger partial charge < -0.3 is 19.1 Å². The Bertz CT molecular complexity index is 767. The van der Waals surface area contributed by atoms with Gasteiger partial charge in [0.15, 0.2) is 11.5 Å². The lowest BCUT2D eigenvalue weighted by molar-refractivity contribution is -0.126. The maximum atomic E-state index is 12.4. The van der Waals surface area contributed by atoms with E-state index in [0.717, 1.165) is 16.8 Å². The van der Waals surface area contributed by atoms with Gasteiger partial charge in [-0.2, -0.15) is 0 Å². The SMILES string of the molecule is COc1cc(/C=C/C(=O)N2Cc3cccnc3C2)cc(OC)c1OC. The van der Waals surface area contributed by atoms with Gasteiger partial charge in [0, 0.05) is 18.8 Å². The molecule has 25 heavy (non-hydrogen) atoms. The van der Waals surface area contributed by atoms with Gasteiger partial charge in [0.25, 0.3) is 0 Å². The number of hydrogen-bond donors (Lipinski definition) is 0. The third-order valence-corrected chi connectivity index (χ3v) is 4.10. The van der Waals surface area contributed by atoms with Crippen LogP contribution in [0.5, 0.6) is 17.2 Å². The average molecular weight is 340 g/mol. The van der Waals surface area contributed by atoms with Crippen molar-refractivity contribution in [2.24, 2.45) is 0 Å². The molecule has 0 N–H and O–H groups in total. The summed E-state index contributed by atoms with van der Waals surface area (Å²) in [7, 11) is 4.67. The zero-order chi connectivity index (χ0) is 17.8. The molecule has 3 rings (SSSR count). The van der Waals surface area contributed by atoms with Crippen LogP contribution in [0.1, 0.15) is 16.8 Å². The fourth-order valence-electron chi connectivity index (χ4n) is 2.83. The first kappa shape index (κ1) is 16.8. The van der Waals surface area contributed by atoms with E-state index in [-0.39, 0.29) is 5.91 Å². The van der Waals surface area contributed by atoms with Crippen LogP contribution >= 0.6 is 0 Å². The van der Waals surface area contributed by atoms with Crippen LogP contribution in [-0.2, 0) is 17.9 Å². The summed E-state index contributed by atoms with van der Waals surface area (Å²) in [6.07, 6.45) is 5.04. The minimum atomic E-state index is -0.0632. The molecule has 0 bridgehead atoms. The molecular weight excluding hydrogens is 320 g/mol. The minimum Gasteiger partial charge on any atom is -0.493 e. The molecule has 0 saturated heterocycles. The number of aromatic nitrogens is 1. The van der Waals surface area contributed by atoms with Crippen LogP contribution in [0.2, 0.25) is 0 Å². The van der Waals surface area contributed by atoms with Crippen LogP contribution in [0.4, 0.5) is 0 Å². The van der Waals surface area contributed by atoms with Gasteiger partial charge in [0.05, 0.1) is 33.6 Å². The molecule has 0 spiro atoms. The smallest absolute Gasteiger partial charge is 0.247 e. The Hall–Kier alpha value is -3.02. The van der Waals surface area contributed by atoms with Crippen molar-refractivity contribution < 1.29 is 19.0 Å². The summed E-state index contributed by atoms with van der Waals surface area (Å²) in [6, 6.07) is 7.48. The Morgan fingerprint density at radius 3 is 2.44 bits per heavy atom. The first-order chi connectivity index (χ1) is 12.2. The quantitative estimate of drug-likeness (QED) is 0.783. The number of methoxy groups -OCH3 is 3. The van der Waals surface area contributed by atoms with Crippen LogP contribution < -0.4 is 14.2 Å². The number of carbonyl (C=O) groups is 1. The number of rotatable bonds is 5. The van der Waals surface area contributed by atoms with E-state index in [1.54, 1.807) is 56.7 Å². The number of benzene rings is 1. The summed E-state index contributed by atoms with van der Waals surface area (Å²) >= 11 is 0. The molecule has 130 valence electrons. The average Bonchev–Trinajstić information content (AvgIpc) is 3.09. The van der Waals surface area contributed by atoms with Crippen LogP contribution in [0.15, 0.2) is 36.5 Å². The van der Waals surface area contributed by atoms with Gasteiger partial charge in [-0.25, -0.2) is 0 Å². The lowest BCUT2D eigenvalue weighted by atomic mass is 10.1. The van der Waals surface area contributed by atoms with E-state index in [1.165, 1.54) is 0 Å². The topological polar surface area (TPSA) is 60.9 Å². The fraction of sp³-hybridized carbons (Fsp3) is 0.263. The maximum Gasteiger partial charge on any atom is 0.247 e. The Kier molecular flexibility index (Phi) is 4.88. The molecule has 1 aliphatic rings. The molecule has 6 nitrogen and oxygen atoms in total. The Morgan fingerprint density at radius 2 is 1.84 bits per heavy atom. The molecule has 0 fully saturated rings. The maximum absolute atomic E-state index is 12.4. The molecule has 0 atom stereocenters. The van der Waals surface area contributed by atoms with Crippen LogP contribution in [0.3, 0.4) is 0 Å². The summed E-state index contributed by atoms with van der Waals surface area (Å²) in [5, 5.41) is 0. The minimum absolute atomic E-state index is 0.0632. The summed E-state index contributed by atoms with van der Waals surface area (Å²) in [6.45, 7) is 1.12. The molecule has 6 heteroatoms. The van der Waals surface area contributed by atoms with Crippen LogP contribution in [-0.4, -0.2) is 37.1 Å². The van der Waals surface area contributed by atoms with Crippen molar-refractivity contribution in [3.8, 4) is 17.2 Å². The summed E-state index contributed by atoms with van der Waals surface area (Å²) in [5.41, 5.74) is 2.84. The summed E-state index contributed by atoms with van der Waals surface area (Å²) in [5.74, 6) is 1.56. The van der Waals surface area contributed by atoms with E-state index in [2.05, 4.69) is 4.98 Å². The highest BCUT2D eigenvalue weighted by Gasteiger charge is 2.22. The molecule has 1 aliphatic heterocycles. The molecular formula is C19H20N2O4. The summed E-state index contributed by atoms with van der Waals surface area (Å²) in [4.78, 5) is 18.5. The molecule has 2 aromatic rings. The number of nitrogens with zero attached hydrogens (tertiary/aromatic N) is 2. The van der Waals surface area contributed by atoms with E-state index in [0.29, 0.717) is 30.3 Å². The highest BCUT2D eigenvalue weighted by atomic mass is 16.5. The standard InChI is InChI=1S/C19H20N2O4/c1-23-16-9-13(10-17(24-2)19(16)25-3)6-7-18(22)21-11-14-5-4-8-20-15(14)12-21/h4-10H,11-12H2,1-3H3/b7-6+. The zero-order valence-corrected chi connectivity index (χ0v) is 14.5. The first-order valence-corrected chi connectivity index (χ1v) is 7.86. The summed E-state index contributed by atoms with van der Waals surface area (Å²) < 4.78 is 16.0. The molecule has 1 aromatic heterocycles. The van der Waals surface area contributed by atoms with E-state index in [1.807, 2.05) is 12.1 Å². The molecule has 1 amide bonds. The van der Waals surface area contributed by atoms with Crippen molar-refractivity contribution in [1.82, 2.24) is 9.88 Å². The van der Waals surface area contributed by atoms with Gasteiger partial charge in [-0.05, 0) is 35.4 Å². The fourth-order valence-corrected chi connectivity index (χ4v) is 2.83. The second-order valence-electron chi connectivity index (χ2n) is 5.60. The number of pyridine rings is 1. The lowest BCUT2D eigenvalue weighted by Crippen LogP contribution is -2.23. The van der Waals surface area contributed by atoms with Crippen LogP contribution in [0, 0.1) is 0 Å². The van der Waals surface area contributed by atoms with Gasteiger partial charge in [0.2, 0.25) is 11.7 Å². The molecule has 0 saturated carbocycles. The number of ether oxygens (including phenoxy) is 3. The highest BCUT2D eigenvalue weighted by molar-refractivity contribution is 5.92. The van der Waals surface area contributed by atoms with Crippen molar-refractivity contribution in [3.63, 3.8) is 0 Å². The van der Waals surface area contributed by atoms with Gasteiger partial charge >= 0.3 is 0 Å². The molecule has 0 aliphatic carbocycles. The molecule has 0 radical (unpaired) electrons. The van der Waals surface area contributed by atoms with Gasteiger partial charge in [-0.15, -0.1) is 0 Å². The Morgan fingerprint density at radius 1 is 1.12 bits per heavy atom. The van der Waals surface area contributed by atoms with Crippen molar-refractivity contribution in [2.45, 2.75) is 13.1 Å². The number of carbonyl (C=O) groups excluding carboxylic acids is 1. The van der Waals surface area contributed by atoms with E-state index in [4.69, 9.17) is 14.2 Å². The number of hydrogen-bond acceptors (Lipinski definition) is 5. The van der Waals surface area contributed by atoms with Crippen molar-refractivity contribution in [2.75, 3.05) is 21.3 Å². The second-order valence-corrected chi connectivity index (χ2v) is 5.60. The predicted octanol–water partition coefficient (Wildman–Crippen LogP) is 2.66. The van der Waals surface area contributed by atoms with Gasteiger partial charge in [-0.1, -0.05) is 6.07 Å². The second kappa shape index (κ2) is 7.25. The van der Waals surface area contributed by atoms with Gasteiger partial charge in [-0.3, -0.25) is 9.78 Å².